The third-order valence-electron chi connectivity index (χ3n) is 3.74. The Bertz CT molecular complexity index is 1070. The van der Waals surface area contributed by atoms with E-state index in [1.54, 1.807) is 0 Å². The minimum absolute atomic E-state index is 0.0362. The van der Waals surface area contributed by atoms with Crippen LogP contribution in [0.3, 0.4) is 0 Å². The molecule has 1 N–H and O–H groups in total. The van der Waals surface area contributed by atoms with E-state index in [0.29, 0.717) is 0 Å². The summed E-state index contributed by atoms with van der Waals surface area (Å²) >= 11 is 0. The Morgan fingerprint density at radius 3 is 2.46 bits per heavy atom. The molecule has 0 bridgehead atoms. The molecule has 0 saturated carbocycles. The van der Waals surface area contributed by atoms with Gasteiger partial charge in [-0.3, -0.25) is 28.8 Å². The molecule has 28 heavy (non-hydrogen) atoms. The molecule has 0 fully saturated rings. The van der Waals surface area contributed by atoms with Crippen molar-refractivity contribution in [1.82, 2.24) is 9.13 Å². The number of hydrogen-bond donors (Lipinski definition) is 1. The van der Waals surface area contributed by atoms with Gasteiger partial charge >= 0.3 is 17.3 Å². The normalized spacial score (nSPS) is 10.2. The first-order valence-corrected chi connectivity index (χ1v) is 7.72. The maximum atomic E-state index is 12.0. The SMILES string of the molecule is COc1ccc(C(=O)OCC(=O)Nc2cc(=O)n(C)c(=O)n2C)cc1[N+](=O)[O-]. The lowest BCUT2D eigenvalue weighted by Gasteiger charge is -2.11. The first-order valence-electron chi connectivity index (χ1n) is 7.72. The Hall–Kier alpha value is -3.96. The largest absolute Gasteiger partial charge is 0.490 e. The molecule has 0 spiro atoms. The third-order valence-corrected chi connectivity index (χ3v) is 3.74. The molecule has 12 nitrogen and oxygen atoms in total. The van der Waals surface area contributed by atoms with Gasteiger partial charge < -0.3 is 14.8 Å². The smallest absolute Gasteiger partial charge is 0.338 e. The van der Waals surface area contributed by atoms with Crippen molar-refractivity contribution in [3.8, 4) is 5.75 Å². The number of nitro groups is 1. The molecule has 148 valence electrons. The number of benzene rings is 1. The maximum Gasteiger partial charge on any atom is 0.338 e. The van der Waals surface area contributed by atoms with Crippen LogP contribution >= 0.6 is 0 Å². The molecular formula is C16H16N4O8. The Kier molecular flexibility index (Phi) is 5.93. The standard InChI is InChI=1S/C16H16N4O8/c1-18-12(7-14(22)19(2)16(18)24)17-13(21)8-28-15(23)9-4-5-11(27-3)10(6-9)20(25)26/h4-7H,8H2,1-3H3,(H,17,21). The molecule has 1 aromatic carbocycles. The van der Waals surface area contributed by atoms with Crippen molar-refractivity contribution < 1.29 is 24.0 Å². The highest BCUT2D eigenvalue weighted by Gasteiger charge is 2.20. The van der Waals surface area contributed by atoms with Gasteiger partial charge in [-0.1, -0.05) is 0 Å². The number of esters is 1. The van der Waals surface area contributed by atoms with Crippen LogP contribution in [0, 0.1) is 10.1 Å². The molecule has 0 aliphatic heterocycles. The summed E-state index contributed by atoms with van der Waals surface area (Å²) in [7, 11) is 3.88. The molecule has 0 aliphatic carbocycles. The molecule has 12 heteroatoms. The number of anilines is 1. The average molecular weight is 392 g/mol. The van der Waals surface area contributed by atoms with E-state index in [4.69, 9.17) is 9.47 Å². The van der Waals surface area contributed by atoms with Crippen LogP contribution in [0.15, 0.2) is 33.9 Å². The van der Waals surface area contributed by atoms with E-state index in [-0.39, 0.29) is 17.1 Å². The lowest BCUT2D eigenvalue weighted by molar-refractivity contribution is -0.385. The number of carbonyl (C=O) groups excluding carboxylic acids is 2. The highest BCUT2D eigenvalue weighted by molar-refractivity contribution is 5.95. The van der Waals surface area contributed by atoms with Crippen LogP contribution in [0.5, 0.6) is 5.75 Å². The third kappa shape index (κ3) is 4.23. The zero-order valence-corrected chi connectivity index (χ0v) is 15.1. The summed E-state index contributed by atoms with van der Waals surface area (Å²) in [5.41, 5.74) is -1.86. The maximum absolute atomic E-state index is 12.0. The Morgan fingerprint density at radius 2 is 1.86 bits per heavy atom. The van der Waals surface area contributed by atoms with E-state index < -0.39 is 40.3 Å². The Labute approximate surface area is 157 Å². The quantitative estimate of drug-likeness (QED) is 0.403. The van der Waals surface area contributed by atoms with Crippen molar-refractivity contribution in [2.75, 3.05) is 19.0 Å². The van der Waals surface area contributed by atoms with Crippen molar-refractivity contribution in [2.24, 2.45) is 14.1 Å². The summed E-state index contributed by atoms with van der Waals surface area (Å²) in [5, 5.41) is 13.3. The lowest BCUT2D eigenvalue weighted by Crippen LogP contribution is -2.38. The van der Waals surface area contributed by atoms with Crippen LogP contribution in [0.1, 0.15) is 10.4 Å². The Morgan fingerprint density at radius 1 is 1.18 bits per heavy atom. The number of ether oxygens (including phenoxy) is 2. The van der Waals surface area contributed by atoms with E-state index >= 15 is 0 Å². The van der Waals surface area contributed by atoms with Crippen molar-refractivity contribution in [3.05, 3.63) is 60.8 Å². The van der Waals surface area contributed by atoms with Gasteiger partial charge in [-0.05, 0) is 12.1 Å². The topological polar surface area (TPSA) is 152 Å². The second-order valence-electron chi connectivity index (χ2n) is 5.54. The summed E-state index contributed by atoms with van der Waals surface area (Å²) in [4.78, 5) is 57.7. The van der Waals surface area contributed by atoms with Gasteiger partial charge in [0, 0.05) is 26.2 Å². The average Bonchev–Trinajstić information content (AvgIpc) is 2.67. The number of nitrogens with zero attached hydrogens (tertiary/aromatic N) is 3. The van der Waals surface area contributed by atoms with Crippen molar-refractivity contribution in [3.63, 3.8) is 0 Å². The first kappa shape index (κ1) is 20.4. The number of nitro benzene ring substituents is 1. The van der Waals surface area contributed by atoms with Crippen LogP contribution in [0.2, 0.25) is 0 Å². The second-order valence-corrected chi connectivity index (χ2v) is 5.54. The Balaban J connectivity index is 2.09. The fraction of sp³-hybridized carbons (Fsp3) is 0.250. The predicted molar refractivity (Wildman–Crippen MR) is 95.5 cm³/mol. The van der Waals surface area contributed by atoms with Gasteiger partial charge in [-0.2, -0.15) is 0 Å². The molecule has 0 unspecified atom stereocenters. The number of carbonyl (C=O) groups is 2. The molecule has 2 rings (SSSR count). The van der Waals surface area contributed by atoms with Gasteiger partial charge in [0.2, 0.25) is 0 Å². The molecule has 1 heterocycles. The summed E-state index contributed by atoms with van der Waals surface area (Å²) in [5.74, 6) is -1.89. The lowest BCUT2D eigenvalue weighted by atomic mass is 10.2. The van der Waals surface area contributed by atoms with Gasteiger partial charge in [0.05, 0.1) is 17.6 Å². The summed E-state index contributed by atoms with van der Waals surface area (Å²) in [6, 6.07) is 4.47. The van der Waals surface area contributed by atoms with E-state index in [9.17, 15) is 29.3 Å². The van der Waals surface area contributed by atoms with Gasteiger partial charge in [-0.15, -0.1) is 0 Å². The number of amides is 1. The molecule has 0 saturated heterocycles. The van der Waals surface area contributed by atoms with Crippen molar-refractivity contribution >= 4 is 23.4 Å². The minimum atomic E-state index is -0.973. The van der Waals surface area contributed by atoms with Crippen LogP contribution in [0.4, 0.5) is 11.5 Å². The molecule has 1 aromatic heterocycles. The number of methoxy groups -OCH3 is 1. The number of aromatic nitrogens is 2. The highest BCUT2D eigenvalue weighted by Crippen LogP contribution is 2.27. The van der Waals surface area contributed by atoms with Crippen molar-refractivity contribution in [1.29, 1.82) is 0 Å². The molecule has 2 aromatic rings. The fourth-order valence-corrected chi connectivity index (χ4v) is 2.21. The van der Waals surface area contributed by atoms with Crippen molar-refractivity contribution in [2.45, 2.75) is 0 Å². The van der Waals surface area contributed by atoms with E-state index in [0.717, 1.165) is 21.3 Å². The molecular weight excluding hydrogens is 376 g/mol. The second kappa shape index (κ2) is 8.16. The van der Waals surface area contributed by atoms with E-state index in [1.807, 2.05) is 0 Å². The molecule has 0 atom stereocenters. The zero-order valence-electron chi connectivity index (χ0n) is 15.1. The summed E-state index contributed by atoms with van der Waals surface area (Å²) < 4.78 is 11.5. The zero-order chi connectivity index (χ0) is 21.0. The van der Waals surface area contributed by atoms with Gasteiger partial charge in [0.25, 0.3) is 11.5 Å². The fourth-order valence-electron chi connectivity index (χ4n) is 2.21. The van der Waals surface area contributed by atoms with Crippen LogP contribution < -0.4 is 21.3 Å². The highest BCUT2D eigenvalue weighted by atomic mass is 16.6. The first-order chi connectivity index (χ1) is 13.1. The molecule has 0 radical (unpaired) electrons. The molecule has 1 amide bonds. The summed E-state index contributed by atoms with van der Waals surface area (Å²) in [6.45, 7) is -0.734. The van der Waals surface area contributed by atoms with Gasteiger partial charge in [-0.25, -0.2) is 9.59 Å². The van der Waals surface area contributed by atoms with Gasteiger partial charge in [0.1, 0.15) is 5.82 Å². The summed E-state index contributed by atoms with van der Waals surface area (Å²) in [6.07, 6.45) is 0. The monoisotopic (exact) mass is 392 g/mol. The van der Waals surface area contributed by atoms with E-state index in [2.05, 4.69) is 5.32 Å². The van der Waals surface area contributed by atoms with Crippen LogP contribution in [-0.4, -0.2) is 39.7 Å². The predicted octanol–water partition coefficient (Wildman–Crippen LogP) is -0.204. The number of rotatable bonds is 6. The van der Waals surface area contributed by atoms with Crippen LogP contribution in [-0.2, 0) is 23.6 Å². The van der Waals surface area contributed by atoms with E-state index in [1.165, 1.54) is 33.3 Å². The van der Waals surface area contributed by atoms with Crippen LogP contribution in [0.25, 0.3) is 0 Å². The minimum Gasteiger partial charge on any atom is -0.490 e. The van der Waals surface area contributed by atoms with Gasteiger partial charge in [0.15, 0.2) is 12.4 Å². The number of nitrogens with one attached hydrogen (secondary N) is 1. The number of hydrogen-bond acceptors (Lipinski definition) is 8. The molecule has 0 aliphatic rings.